The van der Waals surface area contributed by atoms with Gasteiger partial charge in [0.15, 0.2) is 0 Å². The molecule has 0 aliphatic heterocycles. The van der Waals surface area contributed by atoms with Gasteiger partial charge in [-0.05, 0) is 48.0 Å². The first kappa shape index (κ1) is 20.6. The summed E-state index contributed by atoms with van der Waals surface area (Å²) in [6, 6.07) is 25.8. The first-order chi connectivity index (χ1) is 16.1. The molecule has 0 spiro atoms. The van der Waals surface area contributed by atoms with Gasteiger partial charge < -0.3 is 20.5 Å². The van der Waals surface area contributed by atoms with Crippen molar-refractivity contribution in [2.45, 2.75) is 6.54 Å². The van der Waals surface area contributed by atoms with Gasteiger partial charge in [-0.15, -0.1) is 0 Å². The van der Waals surface area contributed by atoms with Crippen LogP contribution in [0.25, 0.3) is 21.8 Å². The number of H-pyrrole nitrogens is 1. The van der Waals surface area contributed by atoms with Crippen molar-refractivity contribution < 1.29 is 4.79 Å². The van der Waals surface area contributed by atoms with Crippen LogP contribution in [0, 0.1) is 0 Å². The van der Waals surface area contributed by atoms with Crippen molar-refractivity contribution in [3.8, 4) is 0 Å². The Morgan fingerprint density at radius 2 is 1.73 bits per heavy atom. The predicted molar refractivity (Wildman–Crippen MR) is 136 cm³/mol. The molecule has 0 unspecified atom stereocenters. The van der Waals surface area contributed by atoms with Gasteiger partial charge in [0.1, 0.15) is 5.82 Å². The SMILES string of the molecule is CN(C)c1cccc(C(=O)Nc2ccc3[nH]c4cnc(NCc5ccccc5)cc4c3c2)c1. The van der Waals surface area contributed by atoms with Crippen molar-refractivity contribution >= 4 is 44.9 Å². The molecular formula is C27H25N5O. The molecule has 164 valence electrons. The standard InChI is InChI=1S/C27H25N5O/c1-32(2)21-10-6-9-19(13-21)27(33)30-20-11-12-24-22(14-20)23-15-26(29-17-25(23)31-24)28-16-18-7-4-3-5-8-18/h3-15,17,31H,16H2,1-2H3,(H,28,29)(H,30,33). The molecule has 33 heavy (non-hydrogen) atoms. The van der Waals surface area contributed by atoms with Gasteiger partial charge in [0, 0.05) is 53.9 Å². The van der Waals surface area contributed by atoms with Gasteiger partial charge in [-0.3, -0.25) is 4.79 Å². The second-order valence-electron chi connectivity index (χ2n) is 8.24. The topological polar surface area (TPSA) is 73.0 Å². The summed E-state index contributed by atoms with van der Waals surface area (Å²) in [5.74, 6) is 0.673. The highest BCUT2D eigenvalue weighted by atomic mass is 16.1. The third-order valence-electron chi connectivity index (χ3n) is 5.68. The Balaban J connectivity index is 1.41. The Morgan fingerprint density at radius 3 is 2.55 bits per heavy atom. The van der Waals surface area contributed by atoms with Crippen molar-refractivity contribution in [1.82, 2.24) is 9.97 Å². The number of amides is 1. The van der Waals surface area contributed by atoms with Crippen LogP contribution in [0.3, 0.4) is 0 Å². The van der Waals surface area contributed by atoms with Gasteiger partial charge in [0.2, 0.25) is 0 Å². The van der Waals surface area contributed by atoms with Crippen LogP contribution in [-0.4, -0.2) is 30.0 Å². The van der Waals surface area contributed by atoms with Crippen molar-refractivity contribution in [3.05, 3.63) is 96.2 Å². The van der Waals surface area contributed by atoms with E-state index in [9.17, 15) is 4.79 Å². The summed E-state index contributed by atoms with van der Waals surface area (Å²) in [4.78, 5) is 22.8. The van der Waals surface area contributed by atoms with E-state index in [0.29, 0.717) is 12.1 Å². The van der Waals surface area contributed by atoms with E-state index in [2.05, 4.69) is 32.7 Å². The molecule has 0 saturated heterocycles. The molecule has 0 atom stereocenters. The minimum Gasteiger partial charge on any atom is -0.378 e. The van der Waals surface area contributed by atoms with Gasteiger partial charge in [-0.2, -0.15) is 0 Å². The molecule has 0 radical (unpaired) electrons. The van der Waals surface area contributed by atoms with Crippen molar-refractivity contribution in [3.63, 3.8) is 0 Å². The van der Waals surface area contributed by atoms with Crippen LogP contribution in [0.4, 0.5) is 17.2 Å². The normalized spacial score (nSPS) is 11.0. The van der Waals surface area contributed by atoms with E-state index in [1.807, 2.05) is 91.9 Å². The minimum atomic E-state index is -0.134. The third kappa shape index (κ3) is 4.36. The fraction of sp³-hybridized carbons (Fsp3) is 0.111. The fourth-order valence-electron chi connectivity index (χ4n) is 3.89. The smallest absolute Gasteiger partial charge is 0.255 e. The van der Waals surface area contributed by atoms with E-state index in [4.69, 9.17) is 0 Å². The second-order valence-corrected chi connectivity index (χ2v) is 8.24. The number of aromatic amines is 1. The van der Waals surface area contributed by atoms with Crippen LogP contribution >= 0.6 is 0 Å². The lowest BCUT2D eigenvalue weighted by Crippen LogP contribution is -2.14. The molecule has 6 nitrogen and oxygen atoms in total. The number of hydrogen-bond acceptors (Lipinski definition) is 4. The highest BCUT2D eigenvalue weighted by Gasteiger charge is 2.11. The zero-order valence-corrected chi connectivity index (χ0v) is 18.6. The number of pyridine rings is 1. The molecule has 0 aliphatic rings. The maximum absolute atomic E-state index is 12.8. The van der Waals surface area contributed by atoms with E-state index < -0.39 is 0 Å². The summed E-state index contributed by atoms with van der Waals surface area (Å²) < 4.78 is 0. The first-order valence-corrected chi connectivity index (χ1v) is 10.8. The van der Waals surface area contributed by atoms with Gasteiger partial charge in [0.05, 0.1) is 11.7 Å². The number of fused-ring (bicyclic) bond motifs is 3. The molecular weight excluding hydrogens is 410 g/mol. The Bertz CT molecular complexity index is 1440. The Kier molecular flexibility index (Phi) is 5.40. The van der Waals surface area contributed by atoms with Gasteiger partial charge >= 0.3 is 0 Å². The second kappa shape index (κ2) is 8.67. The molecule has 3 aromatic carbocycles. The summed E-state index contributed by atoms with van der Waals surface area (Å²) in [5, 5.41) is 8.51. The highest BCUT2D eigenvalue weighted by Crippen LogP contribution is 2.29. The van der Waals surface area contributed by atoms with Crippen molar-refractivity contribution in [1.29, 1.82) is 0 Å². The zero-order chi connectivity index (χ0) is 22.8. The quantitative estimate of drug-likeness (QED) is 0.322. The van der Waals surface area contributed by atoms with Gasteiger partial charge in [-0.1, -0.05) is 36.4 Å². The molecule has 5 rings (SSSR count). The average molecular weight is 436 g/mol. The van der Waals surface area contributed by atoms with E-state index in [0.717, 1.165) is 39.0 Å². The van der Waals surface area contributed by atoms with Gasteiger partial charge in [0.25, 0.3) is 5.91 Å². The van der Waals surface area contributed by atoms with Crippen molar-refractivity contribution in [2.24, 2.45) is 0 Å². The Hall–Kier alpha value is -4.32. The summed E-state index contributed by atoms with van der Waals surface area (Å²) in [5.41, 5.74) is 5.51. The highest BCUT2D eigenvalue weighted by molar-refractivity contribution is 6.11. The molecule has 3 N–H and O–H groups in total. The maximum atomic E-state index is 12.8. The lowest BCUT2D eigenvalue weighted by Gasteiger charge is -2.13. The number of carbonyl (C=O) groups excluding carboxylic acids is 1. The molecule has 6 heteroatoms. The molecule has 1 amide bonds. The summed E-state index contributed by atoms with van der Waals surface area (Å²) in [6.07, 6.45) is 1.84. The lowest BCUT2D eigenvalue weighted by molar-refractivity contribution is 0.102. The number of rotatable bonds is 6. The number of benzene rings is 3. The predicted octanol–water partition coefficient (Wildman–Crippen LogP) is 5.65. The van der Waals surface area contributed by atoms with Crippen LogP contribution in [0.2, 0.25) is 0 Å². The number of aromatic nitrogens is 2. The number of nitrogens with zero attached hydrogens (tertiary/aromatic N) is 2. The third-order valence-corrected chi connectivity index (χ3v) is 5.68. The maximum Gasteiger partial charge on any atom is 0.255 e. The van der Waals surface area contributed by atoms with Gasteiger partial charge in [-0.25, -0.2) is 4.98 Å². The van der Waals surface area contributed by atoms with Crippen LogP contribution in [-0.2, 0) is 6.54 Å². The molecule has 0 fully saturated rings. The molecule has 5 aromatic rings. The van der Waals surface area contributed by atoms with Crippen LogP contribution in [0.5, 0.6) is 0 Å². The molecule has 0 aliphatic carbocycles. The van der Waals surface area contributed by atoms with Crippen LogP contribution in [0.1, 0.15) is 15.9 Å². The zero-order valence-electron chi connectivity index (χ0n) is 18.6. The Morgan fingerprint density at radius 1 is 0.909 bits per heavy atom. The molecule has 0 saturated carbocycles. The summed E-state index contributed by atoms with van der Waals surface area (Å²) >= 11 is 0. The minimum absolute atomic E-state index is 0.134. The molecule has 0 bridgehead atoms. The first-order valence-electron chi connectivity index (χ1n) is 10.8. The largest absolute Gasteiger partial charge is 0.378 e. The van der Waals surface area contributed by atoms with E-state index in [1.165, 1.54) is 5.56 Å². The molecule has 2 heterocycles. The molecule has 2 aromatic heterocycles. The summed E-state index contributed by atoms with van der Waals surface area (Å²) in [6.45, 7) is 0.703. The van der Waals surface area contributed by atoms with E-state index >= 15 is 0 Å². The Labute approximate surface area is 192 Å². The summed E-state index contributed by atoms with van der Waals surface area (Å²) in [7, 11) is 3.92. The number of nitrogens with one attached hydrogen (secondary N) is 3. The van der Waals surface area contributed by atoms with Crippen LogP contribution < -0.4 is 15.5 Å². The van der Waals surface area contributed by atoms with E-state index in [-0.39, 0.29) is 5.91 Å². The number of anilines is 3. The monoisotopic (exact) mass is 435 g/mol. The van der Waals surface area contributed by atoms with Crippen LogP contribution in [0.15, 0.2) is 85.1 Å². The number of hydrogen-bond donors (Lipinski definition) is 3. The lowest BCUT2D eigenvalue weighted by atomic mass is 10.1. The number of carbonyl (C=O) groups is 1. The fourth-order valence-corrected chi connectivity index (χ4v) is 3.89. The van der Waals surface area contributed by atoms with Crippen molar-refractivity contribution in [2.75, 3.05) is 29.6 Å². The average Bonchev–Trinajstić information content (AvgIpc) is 3.20. The van der Waals surface area contributed by atoms with E-state index in [1.54, 1.807) is 0 Å².